The Bertz CT molecular complexity index is 279. The maximum absolute atomic E-state index is 11.5. The van der Waals surface area contributed by atoms with Crippen LogP contribution < -0.4 is 10.6 Å². The van der Waals surface area contributed by atoms with Crippen LogP contribution in [0, 0.1) is 11.3 Å². The van der Waals surface area contributed by atoms with Crippen molar-refractivity contribution in [3.8, 4) is 6.07 Å². The van der Waals surface area contributed by atoms with Crippen molar-refractivity contribution in [3.05, 3.63) is 11.8 Å². The van der Waals surface area contributed by atoms with Crippen LogP contribution in [0.15, 0.2) is 11.8 Å². The summed E-state index contributed by atoms with van der Waals surface area (Å²) in [5.74, 6) is -0.288. The van der Waals surface area contributed by atoms with E-state index >= 15 is 0 Å². The van der Waals surface area contributed by atoms with Crippen molar-refractivity contribution < 1.29 is 4.79 Å². The van der Waals surface area contributed by atoms with E-state index in [4.69, 9.17) is 5.26 Å². The van der Waals surface area contributed by atoms with Crippen LogP contribution in [0.2, 0.25) is 0 Å². The Morgan fingerprint density at radius 1 is 1.18 bits per heavy atom. The molecule has 4 heteroatoms. The first kappa shape index (κ1) is 15.5. The Hall–Kier alpha value is -1.50. The van der Waals surface area contributed by atoms with E-state index < -0.39 is 0 Å². The van der Waals surface area contributed by atoms with Gasteiger partial charge in [0.05, 0.1) is 0 Å². The molecule has 0 atom stereocenters. The molecule has 0 unspecified atom stereocenters. The van der Waals surface area contributed by atoms with Crippen molar-refractivity contribution >= 4 is 5.91 Å². The molecule has 2 N–H and O–H groups in total. The lowest BCUT2D eigenvalue weighted by atomic mass is 10.2. The van der Waals surface area contributed by atoms with Crippen LogP contribution in [0.3, 0.4) is 0 Å². The van der Waals surface area contributed by atoms with Crippen LogP contribution in [0.1, 0.15) is 46.0 Å². The number of hydrogen-bond acceptors (Lipinski definition) is 3. The highest BCUT2D eigenvalue weighted by Crippen LogP contribution is 1.94. The van der Waals surface area contributed by atoms with Gasteiger partial charge in [-0.25, -0.2) is 0 Å². The van der Waals surface area contributed by atoms with Crippen LogP contribution in [-0.2, 0) is 4.79 Å². The number of hydrogen-bond donors (Lipinski definition) is 2. The van der Waals surface area contributed by atoms with Gasteiger partial charge >= 0.3 is 0 Å². The highest BCUT2D eigenvalue weighted by atomic mass is 16.1. The van der Waals surface area contributed by atoms with Gasteiger partial charge in [0.25, 0.3) is 5.91 Å². The summed E-state index contributed by atoms with van der Waals surface area (Å²) in [5, 5.41) is 14.6. The maximum atomic E-state index is 11.5. The SMILES string of the molecule is CCCCCN/C=C(/C#N)C(=O)NCCCC. The molecule has 0 saturated heterocycles. The molecule has 0 aromatic carbocycles. The zero-order valence-electron chi connectivity index (χ0n) is 10.9. The third-order valence-electron chi connectivity index (χ3n) is 2.35. The fourth-order valence-electron chi connectivity index (χ4n) is 1.27. The van der Waals surface area contributed by atoms with E-state index in [2.05, 4.69) is 24.5 Å². The maximum Gasteiger partial charge on any atom is 0.263 e. The minimum absolute atomic E-state index is 0.151. The van der Waals surface area contributed by atoms with E-state index in [1.165, 1.54) is 6.20 Å². The average Bonchev–Trinajstić information content (AvgIpc) is 2.34. The normalized spacial score (nSPS) is 10.8. The van der Waals surface area contributed by atoms with Crippen molar-refractivity contribution in [3.63, 3.8) is 0 Å². The molecule has 1 amide bonds. The lowest BCUT2D eigenvalue weighted by molar-refractivity contribution is -0.117. The summed E-state index contributed by atoms with van der Waals surface area (Å²) in [6, 6.07) is 1.91. The molecule has 4 nitrogen and oxygen atoms in total. The fourth-order valence-corrected chi connectivity index (χ4v) is 1.27. The summed E-state index contributed by atoms with van der Waals surface area (Å²) < 4.78 is 0. The van der Waals surface area contributed by atoms with E-state index in [9.17, 15) is 4.79 Å². The van der Waals surface area contributed by atoms with Gasteiger partial charge in [-0.15, -0.1) is 0 Å². The van der Waals surface area contributed by atoms with Crippen LogP contribution in [0.5, 0.6) is 0 Å². The van der Waals surface area contributed by atoms with Crippen LogP contribution >= 0.6 is 0 Å². The number of unbranched alkanes of at least 4 members (excludes halogenated alkanes) is 3. The van der Waals surface area contributed by atoms with E-state index in [1.54, 1.807) is 0 Å². The molecule has 0 aliphatic carbocycles. The molecule has 96 valence electrons. The van der Waals surface area contributed by atoms with Gasteiger partial charge in [-0.05, 0) is 12.8 Å². The Morgan fingerprint density at radius 2 is 1.88 bits per heavy atom. The topological polar surface area (TPSA) is 64.9 Å². The lowest BCUT2D eigenvalue weighted by Crippen LogP contribution is -2.26. The quantitative estimate of drug-likeness (QED) is 0.366. The zero-order valence-corrected chi connectivity index (χ0v) is 10.9. The Labute approximate surface area is 104 Å². The molecule has 0 radical (unpaired) electrons. The second kappa shape index (κ2) is 11.0. The third-order valence-corrected chi connectivity index (χ3v) is 2.35. The van der Waals surface area contributed by atoms with Crippen LogP contribution in [-0.4, -0.2) is 19.0 Å². The summed E-state index contributed by atoms with van der Waals surface area (Å²) in [6.45, 7) is 5.63. The fraction of sp³-hybridized carbons (Fsp3) is 0.692. The van der Waals surface area contributed by atoms with Crippen LogP contribution in [0.25, 0.3) is 0 Å². The number of amides is 1. The number of nitrogens with zero attached hydrogens (tertiary/aromatic N) is 1. The number of nitrogens with one attached hydrogen (secondary N) is 2. The first-order chi connectivity index (χ1) is 8.26. The van der Waals surface area contributed by atoms with Crippen molar-refractivity contribution in [2.45, 2.75) is 46.0 Å². The van der Waals surface area contributed by atoms with E-state index in [-0.39, 0.29) is 11.5 Å². The summed E-state index contributed by atoms with van der Waals surface area (Å²) in [7, 11) is 0. The minimum atomic E-state index is -0.288. The summed E-state index contributed by atoms with van der Waals surface area (Å²) in [5.41, 5.74) is 0.151. The Morgan fingerprint density at radius 3 is 2.47 bits per heavy atom. The predicted molar refractivity (Wildman–Crippen MR) is 69.1 cm³/mol. The molecule has 0 heterocycles. The molecule has 0 bridgehead atoms. The summed E-state index contributed by atoms with van der Waals surface area (Å²) >= 11 is 0. The van der Waals surface area contributed by atoms with Gasteiger partial charge in [0.15, 0.2) is 0 Å². The number of rotatable bonds is 9. The van der Waals surface area contributed by atoms with E-state index in [0.717, 1.165) is 38.6 Å². The predicted octanol–water partition coefficient (Wildman–Crippen LogP) is 2.09. The van der Waals surface area contributed by atoms with Crippen LogP contribution in [0.4, 0.5) is 0 Å². The summed E-state index contributed by atoms with van der Waals surface area (Å²) in [4.78, 5) is 11.5. The average molecular weight is 237 g/mol. The molecule has 0 fully saturated rings. The van der Waals surface area contributed by atoms with Gasteiger partial charge in [-0.2, -0.15) is 5.26 Å². The number of carbonyl (C=O) groups excluding carboxylic acids is 1. The minimum Gasteiger partial charge on any atom is -0.390 e. The van der Waals surface area contributed by atoms with Crippen molar-refractivity contribution in [2.75, 3.05) is 13.1 Å². The van der Waals surface area contributed by atoms with Gasteiger partial charge < -0.3 is 10.6 Å². The number of carbonyl (C=O) groups is 1. The molecular weight excluding hydrogens is 214 g/mol. The smallest absolute Gasteiger partial charge is 0.263 e. The first-order valence-corrected chi connectivity index (χ1v) is 6.38. The van der Waals surface area contributed by atoms with Gasteiger partial charge in [0.1, 0.15) is 11.6 Å². The monoisotopic (exact) mass is 237 g/mol. The highest BCUT2D eigenvalue weighted by Gasteiger charge is 2.06. The molecule has 17 heavy (non-hydrogen) atoms. The van der Waals surface area contributed by atoms with Gasteiger partial charge in [-0.3, -0.25) is 4.79 Å². The lowest BCUT2D eigenvalue weighted by Gasteiger charge is -2.04. The molecule has 0 spiro atoms. The number of nitriles is 1. The van der Waals surface area contributed by atoms with E-state index in [1.807, 2.05) is 6.07 Å². The molecule has 0 aliphatic rings. The molecule has 0 aromatic heterocycles. The summed E-state index contributed by atoms with van der Waals surface area (Å²) in [6.07, 6.45) is 6.86. The van der Waals surface area contributed by atoms with Crippen molar-refractivity contribution in [1.82, 2.24) is 10.6 Å². The molecule has 0 aromatic rings. The third kappa shape index (κ3) is 8.32. The van der Waals surface area contributed by atoms with Crippen molar-refractivity contribution in [1.29, 1.82) is 5.26 Å². The van der Waals surface area contributed by atoms with Gasteiger partial charge in [0, 0.05) is 19.3 Å². The zero-order chi connectivity index (χ0) is 12.9. The van der Waals surface area contributed by atoms with Gasteiger partial charge in [0.2, 0.25) is 0 Å². The highest BCUT2D eigenvalue weighted by molar-refractivity contribution is 5.97. The van der Waals surface area contributed by atoms with Crippen molar-refractivity contribution in [2.24, 2.45) is 0 Å². The van der Waals surface area contributed by atoms with Gasteiger partial charge in [-0.1, -0.05) is 33.1 Å². The molecule has 0 saturated carbocycles. The molecule has 0 rings (SSSR count). The standard InChI is InChI=1S/C13H23N3O/c1-3-5-7-8-15-11-12(10-14)13(17)16-9-6-4-2/h11,15H,3-9H2,1-2H3,(H,16,17)/b12-11-. The second-order valence-electron chi connectivity index (χ2n) is 3.94. The largest absolute Gasteiger partial charge is 0.390 e. The second-order valence-corrected chi connectivity index (χ2v) is 3.94. The molecule has 0 aliphatic heterocycles. The molecular formula is C13H23N3O. The Balaban J connectivity index is 3.91. The Kier molecular flexibility index (Phi) is 10.0. The van der Waals surface area contributed by atoms with E-state index in [0.29, 0.717) is 6.54 Å². The first-order valence-electron chi connectivity index (χ1n) is 6.38.